The molecule has 0 bridgehead atoms. The minimum atomic E-state index is -0.625. The lowest BCUT2D eigenvalue weighted by atomic mass is 10.5. The van der Waals surface area contributed by atoms with Gasteiger partial charge >= 0.3 is 0 Å². The molecule has 1 rings (SSSR count). The minimum absolute atomic E-state index is 0.347. The van der Waals surface area contributed by atoms with Crippen molar-refractivity contribution in [2.75, 3.05) is 13.3 Å². The Morgan fingerprint density at radius 1 is 1.20 bits per heavy atom. The molecular weight excluding hydrogens is 133 g/mol. The Morgan fingerprint density at radius 3 is 1.80 bits per heavy atom. The van der Waals surface area contributed by atoms with Crippen molar-refractivity contribution in [3.8, 4) is 0 Å². The molecule has 0 saturated carbocycles. The molecule has 0 spiro atoms. The Labute approximate surface area is 59.3 Å². The highest BCUT2D eigenvalue weighted by molar-refractivity contribution is 4.88. The number of halogens is 1. The molecule has 0 radical (unpaired) electrons. The Morgan fingerprint density at radius 2 is 1.70 bits per heavy atom. The summed E-state index contributed by atoms with van der Waals surface area (Å²) in [5, 5.41) is 7.50. The average molecular weight is 143 g/mol. The zero-order valence-corrected chi connectivity index (χ0v) is 5.57. The molecule has 10 heavy (non-hydrogen) atoms. The molecule has 0 aliphatic carbocycles. The second-order valence-corrected chi connectivity index (χ2v) is 1.44. The standard InChI is InChI=1S/C5H5N.C2H5FO/c1-2-4-6-5-3-1;3-1-2-4/h1-5H;4H,1-2H2. The number of aromatic nitrogens is 1. The fraction of sp³-hybridized carbons (Fsp3) is 0.286. The van der Waals surface area contributed by atoms with E-state index in [0.717, 1.165) is 0 Å². The summed E-state index contributed by atoms with van der Waals surface area (Å²) in [4.78, 5) is 3.78. The van der Waals surface area contributed by atoms with Crippen LogP contribution in [0.2, 0.25) is 0 Å². The first-order chi connectivity index (χ1) is 4.91. The number of hydrogen-bond acceptors (Lipinski definition) is 2. The van der Waals surface area contributed by atoms with Crippen LogP contribution < -0.4 is 0 Å². The van der Waals surface area contributed by atoms with Gasteiger partial charge in [0.2, 0.25) is 0 Å². The summed E-state index contributed by atoms with van der Waals surface area (Å²) in [5.74, 6) is 0. The van der Waals surface area contributed by atoms with Gasteiger partial charge in [0, 0.05) is 12.4 Å². The van der Waals surface area contributed by atoms with Crippen LogP contribution in [0.1, 0.15) is 0 Å². The van der Waals surface area contributed by atoms with Crippen LogP contribution in [0.5, 0.6) is 0 Å². The van der Waals surface area contributed by atoms with Gasteiger partial charge in [-0.3, -0.25) is 4.98 Å². The van der Waals surface area contributed by atoms with E-state index >= 15 is 0 Å². The van der Waals surface area contributed by atoms with Crippen molar-refractivity contribution in [2.45, 2.75) is 0 Å². The second-order valence-electron chi connectivity index (χ2n) is 1.44. The summed E-state index contributed by atoms with van der Waals surface area (Å²) in [5.41, 5.74) is 0. The number of hydrogen-bond donors (Lipinski definition) is 1. The van der Waals surface area contributed by atoms with Crippen LogP contribution in [-0.2, 0) is 0 Å². The first-order valence-corrected chi connectivity index (χ1v) is 2.93. The van der Waals surface area contributed by atoms with Crippen LogP contribution in [0, 0.1) is 0 Å². The molecular formula is C7H10FNO. The lowest BCUT2D eigenvalue weighted by Crippen LogP contribution is -1.77. The van der Waals surface area contributed by atoms with Crippen molar-refractivity contribution >= 4 is 0 Å². The van der Waals surface area contributed by atoms with Gasteiger partial charge in [-0.15, -0.1) is 0 Å². The van der Waals surface area contributed by atoms with E-state index < -0.39 is 6.67 Å². The molecule has 1 aromatic heterocycles. The number of aliphatic hydroxyl groups is 1. The molecule has 0 aliphatic heterocycles. The molecule has 2 nitrogen and oxygen atoms in total. The van der Waals surface area contributed by atoms with E-state index in [1.807, 2.05) is 18.2 Å². The van der Waals surface area contributed by atoms with Crippen molar-refractivity contribution < 1.29 is 9.50 Å². The molecule has 0 unspecified atom stereocenters. The third-order valence-electron chi connectivity index (χ3n) is 0.651. The average Bonchev–Trinajstić information content (AvgIpc) is 2.08. The maximum atomic E-state index is 10.5. The predicted molar refractivity (Wildman–Crippen MR) is 37.3 cm³/mol. The molecule has 56 valence electrons. The summed E-state index contributed by atoms with van der Waals surface area (Å²) in [6.07, 6.45) is 3.50. The van der Waals surface area contributed by atoms with Crippen molar-refractivity contribution in [2.24, 2.45) is 0 Å². The number of pyridine rings is 1. The highest BCUT2D eigenvalue weighted by Crippen LogP contribution is 1.73. The third-order valence-corrected chi connectivity index (χ3v) is 0.651. The number of nitrogens with zero attached hydrogens (tertiary/aromatic N) is 1. The number of rotatable bonds is 1. The summed E-state index contributed by atoms with van der Waals surface area (Å²) in [7, 11) is 0. The summed E-state index contributed by atoms with van der Waals surface area (Å²) in [6.45, 7) is -0.972. The lowest BCUT2D eigenvalue weighted by Gasteiger charge is -1.70. The SMILES string of the molecule is OCCF.c1ccncc1. The van der Waals surface area contributed by atoms with Crippen LogP contribution in [0.25, 0.3) is 0 Å². The molecule has 0 amide bonds. The fourth-order valence-electron chi connectivity index (χ4n) is 0.313. The Bertz CT molecular complexity index is 106. The number of alkyl halides is 1. The normalized spacial score (nSPS) is 7.80. The van der Waals surface area contributed by atoms with Crippen LogP contribution in [-0.4, -0.2) is 23.4 Å². The van der Waals surface area contributed by atoms with Gasteiger partial charge in [-0.2, -0.15) is 0 Å². The quantitative estimate of drug-likeness (QED) is 0.637. The zero-order valence-electron chi connectivity index (χ0n) is 5.57. The zero-order chi connectivity index (χ0) is 7.66. The molecule has 0 aliphatic rings. The molecule has 3 heteroatoms. The Hall–Kier alpha value is -0.960. The van der Waals surface area contributed by atoms with Gasteiger partial charge in [0.05, 0.1) is 6.61 Å². The molecule has 1 aromatic rings. The smallest absolute Gasteiger partial charge is 0.112 e. The molecule has 0 atom stereocenters. The van der Waals surface area contributed by atoms with E-state index in [2.05, 4.69) is 4.98 Å². The van der Waals surface area contributed by atoms with E-state index in [1.54, 1.807) is 12.4 Å². The van der Waals surface area contributed by atoms with Crippen LogP contribution >= 0.6 is 0 Å². The molecule has 0 fully saturated rings. The monoisotopic (exact) mass is 143 g/mol. The van der Waals surface area contributed by atoms with E-state index in [0.29, 0.717) is 0 Å². The van der Waals surface area contributed by atoms with Crippen molar-refractivity contribution in [1.29, 1.82) is 0 Å². The fourth-order valence-corrected chi connectivity index (χ4v) is 0.313. The van der Waals surface area contributed by atoms with E-state index in [9.17, 15) is 4.39 Å². The van der Waals surface area contributed by atoms with Gasteiger partial charge in [-0.05, 0) is 12.1 Å². The van der Waals surface area contributed by atoms with Crippen LogP contribution in [0.4, 0.5) is 4.39 Å². The van der Waals surface area contributed by atoms with Gasteiger partial charge in [0.25, 0.3) is 0 Å². The predicted octanol–water partition coefficient (Wildman–Crippen LogP) is 1.03. The van der Waals surface area contributed by atoms with Crippen molar-refractivity contribution in [1.82, 2.24) is 4.98 Å². The number of aliphatic hydroxyl groups excluding tert-OH is 1. The largest absolute Gasteiger partial charge is 0.394 e. The lowest BCUT2D eigenvalue weighted by molar-refractivity contribution is 0.253. The topological polar surface area (TPSA) is 33.1 Å². The molecule has 0 aromatic carbocycles. The van der Waals surface area contributed by atoms with Crippen LogP contribution in [0.3, 0.4) is 0 Å². The first-order valence-electron chi connectivity index (χ1n) is 2.93. The van der Waals surface area contributed by atoms with Crippen molar-refractivity contribution in [3.63, 3.8) is 0 Å². The van der Waals surface area contributed by atoms with Gasteiger partial charge < -0.3 is 5.11 Å². The van der Waals surface area contributed by atoms with Gasteiger partial charge in [0.1, 0.15) is 6.67 Å². The summed E-state index contributed by atoms with van der Waals surface area (Å²) in [6, 6.07) is 5.72. The maximum absolute atomic E-state index is 10.5. The molecule has 1 N–H and O–H groups in total. The Balaban J connectivity index is 0.000000180. The maximum Gasteiger partial charge on any atom is 0.112 e. The summed E-state index contributed by atoms with van der Waals surface area (Å²) >= 11 is 0. The van der Waals surface area contributed by atoms with Crippen LogP contribution in [0.15, 0.2) is 30.6 Å². The van der Waals surface area contributed by atoms with E-state index in [1.165, 1.54) is 0 Å². The van der Waals surface area contributed by atoms with Gasteiger partial charge in [0.15, 0.2) is 0 Å². The Kier molecular flexibility index (Phi) is 7.27. The molecule has 0 saturated heterocycles. The third kappa shape index (κ3) is 7.04. The second kappa shape index (κ2) is 8.04. The van der Waals surface area contributed by atoms with E-state index in [-0.39, 0.29) is 6.61 Å². The summed E-state index contributed by atoms with van der Waals surface area (Å²) < 4.78 is 10.5. The highest BCUT2D eigenvalue weighted by Gasteiger charge is 1.61. The first kappa shape index (κ1) is 9.04. The molecule has 1 heterocycles. The van der Waals surface area contributed by atoms with E-state index in [4.69, 9.17) is 5.11 Å². The van der Waals surface area contributed by atoms with Crippen molar-refractivity contribution in [3.05, 3.63) is 30.6 Å². The highest BCUT2D eigenvalue weighted by atomic mass is 19.1. The van der Waals surface area contributed by atoms with Gasteiger partial charge in [-0.1, -0.05) is 6.07 Å². The van der Waals surface area contributed by atoms with Gasteiger partial charge in [-0.25, -0.2) is 4.39 Å². The minimum Gasteiger partial charge on any atom is -0.394 e.